The first kappa shape index (κ1) is 18.2. The Bertz CT molecular complexity index is 641. The van der Waals surface area contributed by atoms with E-state index < -0.39 is 11.2 Å². The first-order valence-corrected chi connectivity index (χ1v) is 10.0. The fourth-order valence-corrected chi connectivity index (χ4v) is 5.56. The average Bonchev–Trinajstić information content (AvgIpc) is 3.34. The van der Waals surface area contributed by atoms with Crippen molar-refractivity contribution in [1.82, 2.24) is 0 Å². The minimum Gasteiger partial charge on any atom is -0.396 e. The van der Waals surface area contributed by atoms with E-state index >= 15 is 0 Å². The number of ether oxygens (including phenoxy) is 2. The standard InChI is InChI=1S/C22H30O4/c23-14-4-11-21(24)19(17-18-7-2-1-3-8-18)9-13-20(10-5-15-25-20)22(21)12-6-16-26-22/h1-3,7-8,17,23-24H,4-6,9-16H2/b19-17+/t20-,21+,22-/m0/s1. The average molecular weight is 358 g/mol. The van der Waals surface area contributed by atoms with Crippen LogP contribution >= 0.6 is 0 Å². The molecule has 1 saturated carbocycles. The van der Waals surface area contributed by atoms with Gasteiger partial charge >= 0.3 is 0 Å². The van der Waals surface area contributed by atoms with E-state index in [2.05, 4.69) is 18.2 Å². The van der Waals surface area contributed by atoms with Crippen molar-refractivity contribution < 1.29 is 19.7 Å². The summed E-state index contributed by atoms with van der Waals surface area (Å²) in [7, 11) is 0. The molecule has 0 unspecified atom stereocenters. The molecule has 1 aliphatic carbocycles. The van der Waals surface area contributed by atoms with Gasteiger partial charge in [0.2, 0.25) is 0 Å². The third-order valence-electron chi connectivity index (χ3n) is 6.70. The third-order valence-corrected chi connectivity index (χ3v) is 6.70. The lowest BCUT2D eigenvalue weighted by atomic mass is 9.57. The second kappa shape index (κ2) is 7.08. The first-order chi connectivity index (χ1) is 12.7. The van der Waals surface area contributed by atoms with Gasteiger partial charge in [-0.05, 0) is 62.5 Å². The van der Waals surface area contributed by atoms with E-state index in [4.69, 9.17) is 9.47 Å². The summed E-state index contributed by atoms with van der Waals surface area (Å²) < 4.78 is 12.7. The quantitative estimate of drug-likeness (QED) is 0.865. The highest BCUT2D eigenvalue weighted by atomic mass is 16.6. The summed E-state index contributed by atoms with van der Waals surface area (Å²) in [5.74, 6) is 0. The van der Waals surface area contributed by atoms with Gasteiger partial charge in [-0.2, -0.15) is 0 Å². The number of hydrogen-bond donors (Lipinski definition) is 2. The van der Waals surface area contributed by atoms with Gasteiger partial charge in [-0.25, -0.2) is 0 Å². The maximum Gasteiger partial charge on any atom is 0.129 e. The number of fused-ring (bicyclic) bond motifs is 1. The van der Waals surface area contributed by atoms with Gasteiger partial charge in [0.15, 0.2) is 0 Å². The zero-order valence-electron chi connectivity index (χ0n) is 15.5. The van der Waals surface area contributed by atoms with E-state index in [1.807, 2.05) is 18.2 Å². The minimum atomic E-state index is -1.09. The van der Waals surface area contributed by atoms with Gasteiger partial charge < -0.3 is 19.7 Å². The van der Waals surface area contributed by atoms with Crippen LogP contribution in [0.2, 0.25) is 0 Å². The molecule has 142 valence electrons. The van der Waals surface area contributed by atoms with Crippen LogP contribution in [0.4, 0.5) is 0 Å². The lowest BCUT2D eigenvalue weighted by Crippen LogP contribution is -2.70. The molecule has 2 spiro atoms. The van der Waals surface area contributed by atoms with E-state index in [1.165, 1.54) is 0 Å². The van der Waals surface area contributed by atoms with Crippen LogP contribution in [-0.2, 0) is 9.47 Å². The Hall–Kier alpha value is -1.20. The minimum absolute atomic E-state index is 0.0743. The highest BCUT2D eigenvalue weighted by molar-refractivity contribution is 5.57. The lowest BCUT2D eigenvalue weighted by Gasteiger charge is -2.58. The van der Waals surface area contributed by atoms with Crippen molar-refractivity contribution in [3.05, 3.63) is 41.5 Å². The molecule has 0 bridgehead atoms. The van der Waals surface area contributed by atoms with Crippen LogP contribution < -0.4 is 0 Å². The molecule has 3 fully saturated rings. The molecule has 4 heteroatoms. The lowest BCUT2D eigenvalue weighted by molar-refractivity contribution is -0.257. The van der Waals surface area contributed by atoms with Crippen molar-refractivity contribution in [2.24, 2.45) is 0 Å². The molecule has 0 radical (unpaired) electrons. The van der Waals surface area contributed by atoms with Gasteiger partial charge in [0.1, 0.15) is 16.8 Å². The zero-order chi connectivity index (χ0) is 18.1. The number of hydrogen-bond acceptors (Lipinski definition) is 4. The summed E-state index contributed by atoms with van der Waals surface area (Å²) in [6.45, 7) is 1.49. The van der Waals surface area contributed by atoms with Crippen LogP contribution in [0.3, 0.4) is 0 Å². The Kier molecular flexibility index (Phi) is 4.95. The molecule has 0 aromatic heterocycles. The van der Waals surface area contributed by atoms with E-state index in [-0.39, 0.29) is 12.2 Å². The molecule has 2 aliphatic heterocycles. The van der Waals surface area contributed by atoms with Crippen LogP contribution in [0.25, 0.3) is 6.08 Å². The van der Waals surface area contributed by atoms with Crippen LogP contribution in [0.1, 0.15) is 56.9 Å². The summed E-state index contributed by atoms with van der Waals surface area (Å²) in [5.41, 5.74) is -0.0433. The number of aliphatic hydroxyl groups is 2. The predicted molar refractivity (Wildman–Crippen MR) is 101 cm³/mol. The van der Waals surface area contributed by atoms with E-state index in [9.17, 15) is 10.2 Å². The Balaban J connectivity index is 1.80. The second-order valence-electron chi connectivity index (χ2n) is 7.99. The molecular formula is C22H30O4. The smallest absolute Gasteiger partial charge is 0.129 e. The Morgan fingerprint density at radius 3 is 2.42 bits per heavy atom. The van der Waals surface area contributed by atoms with Crippen molar-refractivity contribution in [2.75, 3.05) is 19.8 Å². The Morgan fingerprint density at radius 1 is 1.00 bits per heavy atom. The largest absolute Gasteiger partial charge is 0.396 e. The van der Waals surface area contributed by atoms with Crippen LogP contribution in [0.5, 0.6) is 0 Å². The van der Waals surface area contributed by atoms with Gasteiger partial charge in [0, 0.05) is 19.8 Å². The van der Waals surface area contributed by atoms with Gasteiger partial charge in [-0.15, -0.1) is 0 Å². The Labute approximate surface area is 155 Å². The molecule has 4 rings (SSSR count). The van der Waals surface area contributed by atoms with E-state index in [0.29, 0.717) is 19.4 Å². The first-order valence-electron chi connectivity index (χ1n) is 10.0. The van der Waals surface area contributed by atoms with Gasteiger partial charge in [0.25, 0.3) is 0 Å². The van der Waals surface area contributed by atoms with Crippen molar-refractivity contribution in [2.45, 2.75) is 68.2 Å². The maximum absolute atomic E-state index is 12.1. The highest BCUT2D eigenvalue weighted by Crippen LogP contribution is 2.60. The normalized spacial score (nSPS) is 38.6. The van der Waals surface area contributed by atoms with Crippen molar-refractivity contribution in [3.63, 3.8) is 0 Å². The van der Waals surface area contributed by atoms with Gasteiger partial charge in [-0.3, -0.25) is 0 Å². The fourth-order valence-electron chi connectivity index (χ4n) is 5.56. The molecule has 2 heterocycles. The molecule has 3 aliphatic rings. The second-order valence-corrected chi connectivity index (χ2v) is 7.99. The van der Waals surface area contributed by atoms with Crippen LogP contribution in [0, 0.1) is 0 Å². The highest BCUT2D eigenvalue weighted by Gasteiger charge is 2.69. The van der Waals surface area contributed by atoms with Gasteiger partial charge in [-0.1, -0.05) is 36.4 Å². The molecule has 0 amide bonds. The van der Waals surface area contributed by atoms with E-state index in [1.54, 1.807) is 0 Å². The molecule has 1 aromatic carbocycles. The number of benzene rings is 1. The molecular weight excluding hydrogens is 328 g/mol. The van der Waals surface area contributed by atoms with Crippen molar-refractivity contribution >= 4 is 6.08 Å². The summed E-state index contributed by atoms with van der Waals surface area (Å²) in [5, 5.41) is 21.6. The predicted octanol–water partition coefficient (Wildman–Crippen LogP) is 3.47. The Morgan fingerprint density at radius 2 is 1.77 bits per heavy atom. The SMILES string of the molecule is OCCC[C@@]1(O)/C(=C/c2ccccc2)CC[C@@]2(CCCO2)[C@@]12CCCO2. The summed E-state index contributed by atoms with van der Waals surface area (Å²) in [6.07, 6.45) is 8.65. The molecule has 26 heavy (non-hydrogen) atoms. The molecule has 4 nitrogen and oxygen atoms in total. The van der Waals surface area contributed by atoms with Crippen molar-refractivity contribution in [3.8, 4) is 0 Å². The molecule has 1 aromatic rings. The molecule has 2 N–H and O–H groups in total. The summed E-state index contributed by atoms with van der Waals surface area (Å²) >= 11 is 0. The third kappa shape index (κ3) is 2.66. The van der Waals surface area contributed by atoms with Crippen LogP contribution in [0.15, 0.2) is 35.9 Å². The zero-order valence-corrected chi connectivity index (χ0v) is 15.5. The molecule has 3 atom stereocenters. The number of aliphatic hydroxyl groups excluding tert-OH is 1. The number of rotatable bonds is 4. The topological polar surface area (TPSA) is 58.9 Å². The maximum atomic E-state index is 12.1. The van der Waals surface area contributed by atoms with Crippen molar-refractivity contribution in [1.29, 1.82) is 0 Å². The fraction of sp³-hybridized carbons (Fsp3) is 0.636. The van der Waals surface area contributed by atoms with E-state index in [0.717, 1.165) is 56.3 Å². The van der Waals surface area contributed by atoms with Crippen LogP contribution in [-0.4, -0.2) is 46.8 Å². The van der Waals surface area contributed by atoms with Gasteiger partial charge in [0.05, 0.1) is 0 Å². The molecule has 2 saturated heterocycles. The summed E-state index contributed by atoms with van der Waals surface area (Å²) in [4.78, 5) is 0. The summed E-state index contributed by atoms with van der Waals surface area (Å²) in [6, 6.07) is 10.2. The monoisotopic (exact) mass is 358 g/mol.